The molecule has 0 unspecified atom stereocenters. The summed E-state index contributed by atoms with van der Waals surface area (Å²) in [4.78, 5) is 12.7. The van der Waals surface area contributed by atoms with Crippen LogP contribution < -0.4 is 10.2 Å². The molecule has 0 atom stereocenters. The van der Waals surface area contributed by atoms with Gasteiger partial charge in [0, 0.05) is 19.1 Å². The van der Waals surface area contributed by atoms with Gasteiger partial charge in [-0.15, -0.1) is 11.3 Å². The molecule has 1 fully saturated rings. The van der Waals surface area contributed by atoms with Gasteiger partial charge in [0.15, 0.2) is 0 Å². The van der Waals surface area contributed by atoms with Crippen molar-refractivity contribution in [2.75, 3.05) is 23.3 Å². The van der Waals surface area contributed by atoms with E-state index in [4.69, 9.17) is 4.98 Å². The Balaban J connectivity index is 1.51. The topological polar surface area (TPSA) is 41.1 Å². The smallest absolute Gasteiger partial charge is 0.146 e. The van der Waals surface area contributed by atoms with E-state index in [-0.39, 0.29) is 11.9 Å². The number of para-hydroxylation sites is 1. The fraction of sp³-hybridized carbons (Fsp3) is 0.368. The molecular weight excluding hydrogens is 335 g/mol. The van der Waals surface area contributed by atoms with Crippen LogP contribution in [0.5, 0.6) is 0 Å². The molecule has 2 aromatic heterocycles. The molecule has 130 valence electrons. The zero-order valence-corrected chi connectivity index (χ0v) is 15.2. The van der Waals surface area contributed by atoms with E-state index in [1.807, 2.05) is 13.0 Å². The van der Waals surface area contributed by atoms with E-state index in [1.54, 1.807) is 23.5 Å². The molecule has 1 aliphatic heterocycles. The Morgan fingerprint density at radius 3 is 2.68 bits per heavy atom. The third-order valence-electron chi connectivity index (χ3n) is 4.74. The molecule has 1 saturated heterocycles. The Morgan fingerprint density at radius 2 is 1.92 bits per heavy atom. The molecule has 0 radical (unpaired) electrons. The van der Waals surface area contributed by atoms with E-state index < -0.39 is 0 Å². The fourth-order valence-electron chi connectivity index (χ4n) is 3.43. The lowest BCUT2D eigenvalue weighted by atomic mass is 10.0. The van der Waals surface area contributed by atoms with Crippen molar-refractivity contribution in [3.05, 3.63) is 46.9 Å². The number of piperidine rings is 1. The van der Waals surface area contributed by atoms with Gasteiger partial charge < -0.3 is 10.2 Å². The molecule has 1 aromatic carbocycles. The number of rotatable bonds is 3. The normalized spacial score (nSPS) is 15.7. The molecule has 0 saturated carbocycles. The van der Waals surface area contributed by atoms with E-state index in [0.717, 1.165) is 42.4 Å². The predicted octanol–water partition coefficient (Wildman–Crippen LogP) is 4.53. The Kier molecular flexibility index (Phi) is 4.29. The first-order chi connectivity index (χ1) is 12.1. The Labute approximate surface area is 150 Å². The summed E-state index contributed by atoms with van der Waals surface area (Å²) in [5.41, 5.74) is 1.83. The van der Waals surface area contributed by atoms with Crippen molar-refractivity contribution < 1.29 is 4.39 Å². The van der Waals surface area contributed by atoms with Crippen molar-refractivity contribution in [3.63, 3.8) is 0 Å². The highest BCUT2D eigenvalue weighted by atomic mass is 32.1. The number of benzene rings is 1. The summed E-state index contributed by atoms with van der Waals surface area (Å²) < 4.78 is 13.8. The number of nitrogens with one attached hydrogen (secondary N) is 1. The van der Waals surface area contributed by atoms with Gasteiger partial charge in [0.25, 0.3) is 0 Å². The van der Waals surface area contributed by atoms with Crippen molar-refractivity contribution in [3.8, 4) is 0 Å². The lowest BCUT2D eigenvalue weighted by molar-refractivity contribution is 0.520. The number of halogens is 1. The highest BCUT2D eigenvalue weighted by Gasteiger charge is 2.23. The lowest BCUT2D eigenvalue weighted by Crippen LogP contribution is -2.39. The SMILES string of the molecule is Cc1nc(N2CCC(Nc3ccccc3F)CC2)c2c(C)csc2n1. The van der Waals surface area contributed by atoms with Crippen LogP contribution in [0.3, 0.4) is 0 Å². The van der Waals surface area contributed by atoms with Crippen molar-refractivity contribution >= 4 is 33.1 Å². The van der Waals surface area contributed by atoms with Gasteiger partial charge in [-0.05, 0) is 49.8 Å². The Morgan fingerprint density at radius 1 is 1.16 bits per heavy atom. The molecule has 4 rings (SSSR count). The van der Waals surface area contributed by atoms with Gasteiger partial charge in [0.2, 0.25) is 0 Å². The number of hydrogen-bond donors (Lipinski definition) is 1. The van der Waals surface area contributed by atoms with Crippen LogP contribution in [-0.4, -0.2) is 29.1 Å². The van der Waals surface area contributed by atoms with E-state index in [1.165, 1.54) is 17.0 Å². The van der Waals surface area contributed by atoms with Gasteiger partial charge in [-0.3, -0.25) is 0 Å². The summed E-state index contributed by atoms with van der Waals surface area (Å²) in [6.07, 6.45) is 1.92. The predicted molar refractivity (Wildman–Crippen MR) is 102 cm³/mol. The second-order valence-electron chi connectivity index (χ2n) is 6.58. The van der Waals surface area contributed by atoms with Crippen LogP contribution >= 0.6 is 11.3 Å². The summed E-state index contributed by atoms with van der Waals surface area (Å²) in [5, 5.41) is 6.67. The van der Waals surface area contributed by atoms with E-state index >= 15 is 0 Å². The van der Waals surface area contributed by atoms with Gasteiger partial charge in [-0.2, -0.15) is 0 Å². The quantitative estimate of drug-likeness (QED) is 0.749. The van der Waals surface area contributed by atoms with Crippen LogP contribution in [0.1, 0.15) is 24.2 Å². The van der Waals surface area contributed by atoms with Gasteiger partial charge in [0.05, 0.1) is 11.1 Å². The van der Waals surface area contributed by atoms with Gasteiger partial charge in [0.1, 0.15) is 22.3 Å². The van der Waals surface area contributed by atoms with Crippen LogP contribution in [0.4, 0.5) is 15.9 Å². The molecule has 1 aliphatic rings. The van der Waals surface area contributed by atoms with Crippen molar-refractivity contribution in [2.24, 2.45) is 0 Å². The van der Waals surface area contributed by atoms with Gasteiger partial charge in [-0.25, -0.2) is 14.4 Å². The third-order valence-corrected chi connectivity index (χ3v) is 5.73. The number of fused-ring (bicyclic) bond motifs is 1. The minimum Gasteiger partial charge on any atom is -0.380 e. The van der Waals surface area contributed by atoms with Crippen molar-refractivity contribution in [1.29, 1.82) is 0 Å². The molecular formula is C19H21FN4S. The molecule has 0 bridgehead atoms. The summed E-state index contributed by atoms with van der Waals surface area (Å²) in [7, 11) is 0. The fourth-order valence-corrected chi connectivity index (χ4v) is 4.39. The standard InChI is InChI=1S/C19H21FN4S/c1-12-11-25-19-17(12)18(21-13(2)22-19)24-9-7-14(8-10-24)23-16-6-4-3-5-15(16)20/h3-6,11,14,23H,7-10H2,1-2H3. The first-order valence-corrected chi connectivity index (χ1v) is 9.48. The monoisotopic (exact) mass is 356 g/mol. The average Bonchev–Trinajstić information content (AvgIpc) is 2.98. The van der Waals surface area contributed by atoms with E-state index in [2.05, 4.69) is 27.5 Å². The van der Waals surface area contributed by atoms with Crippen LogP contribution in [0.15, 0.2) is 29.6 Å². The maximum atomic E-state index is 13.8. The molecule has 1 N–H and O–H groups in total. The molecule has 4 nitrogen and oxygen atoms in total. The molecule has 25 heavy (non-hydrogen) atoms. The largest absolute Gasteiger partial charge is 0.380 e. The first-order valence-electron chi connectivity index (χ1n) is 8.60. The number of anilines is 2. The summed E-state index contributed by atoms with van der Waals surface area (Å²) in [5.74, 6) is 1.67. The maximum Gasteiger partial charge on any atom is 0.146 e. The lowest BCUT2D eigenvalue weighted by Gasteiger charge is -2.34. The number of nitrogens with zero attached hydrogens (tertiary/aromatic N) is 3. The number of thiophene rings is 1. The molecule has 0 aliphatic carbocycles. The molecule has 3 aromatic rings. The average molecular weight is 356 g/mol. The minimum absolute atomic E-state index is 0.188. The Hall–Kier alpha value is -2.21. The highest BCUT2D eigenvalue weighted by Crippen LogP contribution is 2.33. The molecule has 0 amide bonds. The second-order valence-corrected chi connectivity index (χ2v) is 7.44. The van der Waals surface area contributed by atoms with Crippen molar-refractivity contribution in [2.45, 2.75) is 32.7 Å². The zero-order valence-electron chi connectivity index (χ0n) is 14.4. The third kappa shape index (κ3) is 3.18. The minimum atomic E-state index is -0.188. The Bertz CT molecular complexity index is 900. The zero-order chi connectivity index (χ0) is 17.4. The number of hydrogen-bond acceptors (Lipinski definition) is 5. The maximum absolute atomic E-state index is 13.8. The molecule has 0 spiro atoms. The van der Waals surface area contributed by atoms with Crippen molar-refractivity contribution in [1.82, 2.24) is 9.97 Å². The van der Waals surface area contributed by atoms with Crippen LogP contribution in [0.25, 0.3) is 10.2 Å². The van der Waals surface area contributed by atoms with Gasteiger partial charge in [-0.1, -0.05) is 12.1 Å². The summed E-state index contributed by atoms with van der Waals surface area (Å²) in [6.45, 7) is 5.89. The van der Waals surface area contributed by atoms with E-state index in [9.17, 15) is 4.39 Å². The first kappa shape index (κ1) is 16.3. The molecule has 3 heterocycles. The highest BCUT2D eigenvalue weighted by molar-refractivity contribution is 7.17. The summed E-state index contributed by atoms with van der Waals surface area (Å²) in [6, 6.07) is 7.16. The molecule has 6 heteroatoms. The number of aryl methyl sites for hydroxylation is 2. The van der Waals surface area contributed by atoms with Gasteiger partial charge >= 0.3 is 0 Å². The van der Waals surface area contributed by atoms with E-state index in [0.29, 0.717) is 5.69 Å². The van der Waals surface area contributed by atoms with Crippen LogP contribution in [0, 0.1) is 19.7 Å². The van der Waals surface area contributed by atoms with Crippen LogP contribution in [0.2, 0.25) is 0 Å². The summed E-state index contributed by atoms with van der Waals surface area (Å²) >= 11 is 1.68. The number of aromatic nitrogens is 2. The van der Waals surface area contributed by atoms with Crippen LogP contribution in [-0.2, 0) is 0 Å². The second kappa shape index (κ2) is 6.59.